The minimum absolute atomic E-state index is 0.109. The zero-order valence-electron chi connectivity index (χ0n) is 15.3. The Morgan fingerprint density at radius 3 is 2.54 bits per heavy atom. The van der Waals surface area contributed by atoms with Crippen LogP contribution in [0.25, 0.3) is 22.5 Å². The Morgan fingerprint density at radius 1 is 0.964 bits per heavy atom. The highest BCUT2D eigenvalue weighted by Gasteiger charge is 2.27. The van der Waals surface area contributed by atoms with Gasteiger partial charge in [0.1, 0.15) is 6.17 Å². The maximum absolute atomic E-state index is 10.3. The predicted octanol–water partition coefficient (Wildman–Crippen LogP) is 4.90. The first-order chi connectivity index (χ1) is 13.7. The quantitative estimate of drug-likeness (QED) is 0.539. The van der Waals surface area contributed by atoms with Crippen LogP contribution in [0.5, 0.6) is 11.5 Å². The second-order valence-corrected chi connectivity index (χ2v) is 6.75. The van der Waals surface area contributed by atoms with Gasteiger partial charge in [0.15, 0.2) is 11.5 Å². The summed E-state index contributed by atoms with van der Waals surface area (Å²) in [6.45, 7) is 0. The summed E-state index contributed by atoms with van der Waals surface area (Å²) in [7, 11) is 1.54. The number of fused-ring (bicyclic) bond motifs is 3. The molecule has 1 aliphatic heterocycles. The third kappa shape index (κ3) is 2.60. The van der Waals surface area contributed by atoms with Crippen LogP contribution in [0, 0.1) is 0 Å². The largest absolute Gasteiger partial charge is 0.504 e. The van der Waals surface area contributed by atoms with E-state index in [1.54, 1.807) is 19.2 Å². The van der Waals surface area contributed by atoms with Crippen molar-refractivity contribution < 1.29 is 9.84 Å². The minimum Gasteiger partial charge on any atom is -0.504 e. The first kappa shape index (κ1) is 16.4. The lowest BCUT2D eigenvalue weighted by atomic mass is 10.0. The van der Waals surface area contributed by atoms with Gasteiger partial charge >= 0.3 is 0 Å². The molecule has 0 spiro atoms. The molecule has 0 radical (unpaired) electrons. The number of aromatic hydroxyl groups is 1. The molecule has 1 aromatic heterocycles. The zero-order valence-corrected chi connectivity index (χ0v) is 15.3. The summed E-state index contributed by atoms with van der Waals surface area (Å²) in [5.74, 6) is 0.559. The van der Waals surface area contributed by atoms with Crippen molar-refractivity contribution in [3.8, 4) is 34.0 Å². The van der Waals surface area contributed by atoms with E-state index in [-0.39, 0.29) is 11.9 Å². The SMILES string of the molecule is COc1ccc(C2Nc3ccccc3-c3cc(-c4ccccc4)nn32)cc1O. The number of rotatable bonds is 3. The number of para-hydroxylation sites is 1. The molecule has 3 aromatic carbocycles. The van der Waals surface area contributed by atoms with Gasteiger partial charge in [-0.1, -0.05) is 54.6 Å². The summed E-state index contributed by atoms with van der Waals surface area (Å²) in [5, 5.41) is 18.7. The normalized spacial score (nSPS) is 14.7. The fraction of sp³-hybridized carbons (Fsp3) is 0.0870. The molecule has 1 unspecified atom stereocenters. The topological polar surface area (TPSA) is 59.3 Å². The van der Waals surface area contributed by atoms with Gasteiger partial charge in [-0.15, -0.1) is 0 Å². The summed E-state index contributed by atoms with van der Waals surface area (Å²) in [6, 6.07) is 25.9. The summed E-state index contributed by atoms with van der Waals surface area (Å²) >= 11 is 0. The first-order valence-electron chi connectivity index (χ1n) is 9.12. The van der Waals surface area contributed by atoms with Gasteiger partial charge in [-0.2, -0.15) is 5.10 Å². The number of ether oxygens (including phenoxy) is 1. The monoisotopic (exact) mass is 369 g/mol. The third-order valence-electron chi connectivity index (χ3n) is 5.06. The molecule has 4 aromatic rings. The predicted molar refractivity (Wildman–Crippen MR) is 110 cm³/mol. The standard InChI is InChI=1S/C23H19N3O2/c1-28-22-12-11-16(13-21(22)27)23-24-18-10-6-5-9-17(18)20-14-19(25-26(20)23)15-7-3-2-4-8-15/h2-14,23-24,27H,1H3. The molecule has 5 heteroatoms. The maximum Gasteiger partial charge on any atom is 0.160 e. The van der Waals surface area contributed by atoms with Crippen molar-refractivity contribution in [3.63, 3.8) is 0 Å². The van der Waals surface area contributed by atoms with E-state index in [1.165, 1.54) is 0 Å². The number of anilines is 1. The molecule has 0 aliphatic carbocycles. The van der Waals surface area contributed by atoms with E-state index >= 15 is 0 Å². The highest BCUT2D eigenvalue weighted by Crippen LogP contribution is 2.41. The summed E-state index contributed by atoms with van der Waals surface area (Å²) < 4.78 is 7.16. The van der Waals surface area contributed by atoms with Gasteiger partial charge in [0.25, 0.3) is 0 Å². The van der Waals surface area contributed by atoms with Gasteiger partial charge in [-0.3, -0.25) is 0 Å². The molecule has 1 atom stereocenters. The van der Waals surface area contributed by atoms with Crippen LogP contribution >= 0.6 is 0 Å². The Morgan fingerprint density at radius 2 is 1.75 bits per heavy atom. The molecule has 2 heterocycles. The zero-order chi connectivity index (χ0) is 19.1. The first-order valence-corrected chi connectivity index (χ1v) is 9.12. The number of aromatic nitrogens is 2. The van der Waals surface area contributed by atoms with E-state index in [9.17, 15) is 5.11 Å². The van der Waals surface area contributed by atoms with E-state index < -0.39 is 0 Å². The molecule has 0 fully saturated rings. The van der Waals surface area contributed by atoms with Gasteiger partial charge in [0.05, 0.1) is 18.5 Å². The van der Waals surface area contributed by atoms with E-state index in [1.807, 2.05) is 41.1 Å². The number of hydrogen-bond acceptors (Lipinski definition) is 4. The van der Waals surface area contributed by atoms with Crippen LogP contribution in [0.1, 0.15) is 11.7 Å². The van der Waals surface area contributed by atoms with Gasteiger partial charge in [0.2, 0.25) is 0 Å². The molecule has 2 N–H and O–H groups in total. The van der Waals surface area contributed by atoms with Crippen LogP contribution in [0.15, 0.2) is 78.9 Å². The molecular weight excluding hydrogens is 350 g/mol. The molecule has 0 saturated heterocycles. The van der Waals surface area contributed by atoms with Crippen LogP contribution in [-0.2, 0) is 0 Å². The summed E-state index contributed by atoms with van der Waals surface area (Å²) in [5.41, 5.74) is 6.06. The second-order valence-electron chi connectivity index (χ2n) is 6.75. The van der Waals surface area contributed by atoms with Crippen LogP contribution in [0.3, 0.4) is 0 Å². The van der Waals surface area contributed by atoms with Crippen molar-refractivity contribution in [1.29, 1.82) is 0 Å². The molecule has 0 bridgehead atoms. The number of methoxy groups -OCH3 is 1. The van der Waals surface area contributed by atoms with Gasteiger partial charge in [0, 0.05) is 22.4 Å². The smallest absolute Gasteiger partial charge is 0.160 e. The van der Waals surface area contributed by atoms with Crippen LogP contribution in [0.4, 0.5) is 5.69 Å². The highest BCUT2D eigenvalue weighted by atomic mass is 16.5. The fourth-order valence-corrected chi connectivity index (χ4v) is 3.68. The number of phenolic OH excluding ortho intramolecular Hbond substituents is 1. The molecule has 5 rings (SSSR count). The van der Waals surface area contributed by atoms with Gasteiger partial charge in [-0.25, -0.2) is 4.68 Å². The molecule has 5 nitrogen and oxygen atoms in total. The number of nitrogens with one attached hydrogen (secondary N) is 1. The molecule has 28 heavy (non-hydrogen) atoms. The van der Waals surface area contributed by atoms with Crippen molar-refractivity contribution in [3.05, 3.63) is 84.4 Å². The maximum atomic E-state index is 10.3. The van der Waals surface area contributed by atoms with E-state index in [2.05, 4.69) is 35.6 Å². The Balaban J connectivity index is 1.68. The lowest BCUT2D eigenvalue weighted by Gasteiger charge is -2.29. The molecule has 1 aliphatic rings. The average Bonchev–Trinajstić information content (AvgIpc) is 3.19. The second kappa shape index (κ2) is 6.46. The molecular formula is C23H19N3O2. The Hall–Kier alpha value is -3.73. The van der Waals surface area contributed by atoms with E-state index in [4.69, 9.17) is 9.84 Å². The Labute approximate surface area is 162 Å². The molecule has 0 saturated carbocycles. The lowest BCUT2D eigenvalue weighted by molar-refractivity contribution is 0.372. The van der Waals surface area contributed by atoms with E-state index in [0.29, 0.717) is 5.75 Å². The highest BCUT2D eigenvalue weighted by molar-refractivity contribution is 5.81. The summed E-state index contributed by atoms with van der Waals surface area (Å²) in [6.07, 6.45) is -0.237. The number of phenols is 1. The van der Waals surface area contributed by atoms with Crippen molar-refractivity contribution >= 4 is 5.69 Å². The third-order valence-corrected chi connectivity index (χ3v) is 5.06. The molecule has 0 amide bonds. The van der Waals surface area contributed by atoms with Crippen molar-refractivity contribution in [1.82, 2.24) is 9.78 Å². The van der Waals surface area contributed by atoms with Gasteiger partial charge in [-0.05, 0) is 24.3 Å². The van der Waals surface area contributed by atoms with Gasteiger partial charge < -0.3 is 15.2 Å². The Kier molecular flexibility index (Phi) is 3.79. The van der Waals surface area contributed by atoms with Crippen molar-refractivity contribution in [2.45, 2.75) is 6.17 Å². The van der Waals surface area contributed by atoms with Crippen LogP contribution in [-0.4, -0.2) is 22.0 Å². The van der Waals surface area contributed by atoms with Crippen molar-refractivity contribution in [2.75, 3.05) is 12.4 Å². The number of hydrogen-bond donors (Lipinski definition) is 2. The number of benzene rings is 3. The summed E-state index contributed by atoms with van der Waals surface area (Å²) in [4.78, 5) is 0. The number of nitrogens with zero attached hydrogens (tertiary/aromatic N) is 2. The van der Waals surface area contributed by atoms with Crippen LogP contribution < -0.4 is 10.1 Å². The van der Waals surface area contributed by atoms with E-state index in [0.717, 1.165) is 33.8 Å². The molecule has 138 valence electrons. The average molecular weight is 369 g/mol. The fourth-order valence-electron chi connectivity index (χ4n) is 3.68. The Bertz CT molecular complexity index is 1150. The lowest BCUT2D eigenvalue weighted by Crippen LogP contribution is -2.25. The van der Waals surface area contributed by atoms with Crippen molar-refractivity contribution in [2.24, 2.45) is 0 Å². The minimum atomic E-state index is -0.237. The van der Waals surface area contributed by atoms with Crippen LogP contribution in [0.2, 0.25) is 0 Å².